The van der Waals surface area contributed by atoms with E-state index in [-0.39, 0.29) is 5.91 Å². The molecule has 0 bridgehead atoms. The molecule has 1 aromatic rings. The van der Waals surface area contributed by atoms with Gasteiger partial charge in [-0.3, -0.25) is 4.79 Å². The Morgan fingerprint density at radius 3 is 2.26 bits per heavy atom. The van der Waals surface area contributed by atoms with E-state index in [0.29, 0.717) is 6.04 Å². The minimum atomic E-state index is -0.0282. The van der Waals surface area contributed by atoms with Gasteiger partial charge in [0.05, 0.1) is 0 Å². The summed E-state index contributed by atoms with van der Waals surface area (Å²) in [5, 5.41) is 2.79. The molecule has 0 radical (unpaired) electrons. The Labute approximate surface area is 115 Å². The zero-order valence-corrected chi connectivity index (χ0v) is 12.0. The first-order chi connectivity index (χ1) is 9.06. The molecule has 0 spiro atoms. The fourth-order valence-electron chi connectivity index (χ4n) is 2.60. The smallest absolute Gasteiger partial charge is 0.221 e. The summed E-state index contributed by atoms with van der Waals surface area (Å²) in [5.74, 6) is -0.0282. The lowest BCUT2D eigenvalue weighted by Gasteiger charge is -2.36. The molecule has 1 saturated heterocycles. The predicted molar refractivity (Wildman–Crippen MR) is 79.7 cm³/mol. The summed E-state index contributed by atoms with van der Waals surface area (Å²) in [6.45, 7) is 3.73. The number of amides is 1. The molecule has 1 fully saturated rings. The SMILES string of the molecule is CC(=O)Nc1ccc(N2CCC(N(C)C)CC2)cc1. The Morgan fingerprint density at radius 1 is 1.21 bits per heavy atom. The summed E-state index contributed by atoms with van der Waals surface area (Å²) in [5.41, 5.74) is 2.10. The van der Waals surface area contributed by atoms with Crippen LogP contribution in [0.25, 0.3) is 0 Å². The molecule has 0 unspecified atom stereocenters. The van der Waals surface area contributed by atoms with Gasteiger partial charge in [-0.15, -0.1) is 0 Å². The van der Waals surface area contributed by atoms with E-state index in [1.807, 2.05) is 12.1 Å². The molecule has 19 heavy (non-hydrogen) atoms. The summed E-state index contributed by atoms with van der Waals surface area (Å²) < 4.78 is 0. The summed E-state index contributed by atoms with van der Waals surface area (Å²) >= 11 is 0. The number of nitrogens with zero attached hydrogens (tertiary/aromatic N) is 2. The van der Waals surface area contributed by atoms with E-state index in [1.165, 1.54) is 25.5 Å². The lowest BCUT2D eigenvalue weighted by atomic mass is 10.0. The standard InChI is InChI=1S/C15H23N3O/c1-12(19)16-13-4-6-15(7-5-13)18-10-8-14(9-11-18)17(2)3/h4-7,14H,8-11H2,1-3H3,(H,16,19). The second-order valence-corrected chi connectivity index (χ2v) is 5.41. The van der Waals surface area contributed by atoms with E-state index >= 15 is 0 Å². The van der Waals surface area contributed by atoms with Crippen LogP contribution in [0.4, 0.5) is 11.4 Å². The average Bonchev–Trinajstić information content (AvgIpc) is 2.39. The lowest BCUT2D eigenvalue weighted by molar-refractivity contribution is -0.114. The Kier molecular flexibility index (Phi) is 4.43. The predicted octanol–water partition coefficient (Wildman–Crippen LogP) is 2.18. The molecule has 0 saturated carbocycles. The van der Waals surface area contributed by atoms with Crippen molar-refractivity contribution in [2.45, 2.75) is 25.8 Å². The zero-order valence-electron chi connectivity index (χ0n) is 12.0. The first kappa shape index (κ1) is 13.9. The quantitative estimate of drug-likeness (QED) is 0.906. The van der Waals surface area contributed by atoms with Crippen molar-refractivity contribution in [3.05, 3.63) is 24.3 Å². The fourth-order valence-corrected chi connectivity index (χ4v) is 2.60. The maximum Gasteiger partial charge on any atom is 0.221 e. The van der Waals surface area contributed by atoms with Crippen LogP contribution in [0.1, 0.15) is 19.8 Å². The van der Waals surface area contributed by atoms with Gasteiger partial charge in [0.15, 0.2) is 0 Å². The third kappa shape index (κ3) is 3.70. The number of rotatable bonds is 3. The van der Waals surface area contributed by atoms with E-state index in [4.69, 9.17) is 0 Å². The van der Waals surface area contributed by atoms with Crippen LogP contribution in [0.5, 0.6) is 0 Å². The van der Waals surface area contributed by atoms with E-state index in [9.17, 15) is 4.79 Å². The van der Waals surface area contributed by atoms with Crippen molar-refractivity contribution < 1.29 is 4.79 Å². The number of hydrogen-bond acceptors (Lipinski definition) is 3. The van der Waals surface area contributed by atoms with Crippen LogP contribution in [0, 0.1) is 0 Å². The number of piperidine rings is 1. The minimum absolute atomic E-state index is 0.0282. The Bertz CT molecular complexity index is 420. The molecule has 1 amide bonds. The highest BCUT2D eigenvalue weighted by molar-refractivity contribution is 5.88. The van der Waals surface area contributed by atoms with Crippen molar-refractivity contribution in [1.82, 2.24) is 4.90 Å². The topological polar surface area (TPSA) is 35.6 Å². The molecule has 4 nitrogen and oxygen atoms in total. The van der Waals surface area contributed by atoms with Crippen molar-refractivity contribution >= 4 is 17.3 Å². The molecule has 0 atom stereocenters. The molecule has 1 aliphatic rings. The van der Waals surface area contributed by atoms with Gasteiger partial charge in [-0.2, -0.15) is 0 Å². The molecule has 4 heteroatoms. The number of hydrogen-bond donors (Lipinski definition) is 1. The van der Waals surface area contributed by atoms with E-state index in [0.717, 1.165) is 18.8 Å². The van der Waals surface area contributed by atoms with Gasteiger partial charge < -0.3 is 15.1 Å². The van der Waals surface area contributed by atoms with Crippen LogP contribution in [0.2, 0.25) is 0 Å². The van der Waals surface area contributed by atoms with Crippen molar-refractivity contribution in [2.24, 2.45) is 0 Å². The van der Waals surface area contributed by atoms with Gasteiger partial charge in [0.2, 0.25) is 5.91 Å². The van der Waals surface area contributed by atoms with Crippen LogP contribution < -0.4 is 10.2 Å². The van der Waals surface area contributed by atoms with Gasteiger partial charge in [-0.25, -0.2) is 0 Å². The minimum Gasteiger partial charge on any atom is -0.371 e. The first-order valence-electron chi connectivity index (χ1n) is 6.85. The first-order valence-corrected chi connectivity index (χ1v) is 6.85. The van der Waals surface area contributed by atoms with Gasteiger partial charge in [-0.1, -0.05) is 0 Å². The number of carbonyl (C=O) groups is 1. The lowest BCUT2D eigenvalue weighted by Crippen LogP contribution is -2.41. The van der Waals surface area contributed by atoms with Crippen molar-refractivity contribution in [3.63, 3.8) is 0 Å². The van der Waals surface area contributed by atoms with Crippen molar-refractivity contribution in [2.75, 3.05) is 37.4 Å². The molecule has 1 aromatic carbocycles. The second-order valence-electron chi connectivity index (χ2n) is 5.41. The zero-order chi connectivity index (χ0) is 13.8. The van der Waals surface area contributed by atoms with Crippen molar-refractivity contribution in [1.29, 1.82) is 0 Å². The van der Waals surface area contributed by atoms with Crippen LogP contribution in [0.3, 0.4) is 0 Å². The number of benzene rings is 1. The molecular formula is C15H23N3O. The highest BCUT2D eigenvalue weighted by Gasteiger charge is 2.20. The van der Waals surface area contributed by atoms with Crippen LogP contribution in [-0.2, 0) is 4.79 Å². The van der Waals surface area contributed by atoms with E-state index in [1.54, 1.807) is 0 Å². The molecular weight excluding hydrogens is 238 g/mol. The Morgan fingerprint density at radius 2 is 1.79 bits per heavy atom. The third-order valence-corrected chi connectivity index (χ3v) is 3.75. The Balaban J connectivity index is 1.94. The summed E-state index contributed by atoms with van der Waals surface area (Å²) in [7, 11) is 4.31. The molecule has 2 rings (SSSR count). The summed E-state index contributed by atoms with van der Waals surface area (Å²) in [6, 6.07) is 8.81. The van der Waals surface area contributed by atoms with Gasteiger partial charge in [0.1, 0.15) is 0 Å². The second kappa shape index (κ2) is 6.06. The maximum absolute atomic E-state index is 11.0. The van der Waals surface area contributed by atoms with Gasteiger partial charge in [0.25, 0.3) is 0 Å². The monoisotopic (exact) mass is 261 g/mol. The maximum atomic E-state index is 11.0. The van der Waals surface area contributed by atoms with Crippen LogP contribution in [0.15, 0.2) is 24.3 Å². The molecule has 0 aliphatic carbocycles. The normalized spacial score (nSPS) is 16.7. The molecule has 104 valence electrons. The average molecular weight is 261 g/mol. The molecule has 1 N–H and O–H groups in total. The highest BCUT2D eigenvalue weighted by atomic mass is 16.1. The summed E-state index contributed by atoms with van der Waals surface area (Å²) in [6.07, 6.45) is 2.42. The highest BCUT2D eigenvalue weighted by Crippen LogP contribution is 2.23. The largest absolute Gasteiger partial charge is 0.371 e. The van der Waals surface area contributed by atoms with Gasteiger partial charge in [-0.05, 0) is 51.2 Å². The van der Waals surface area contributed by atoms with Gasteiger partial charge >= 0.3 is 0 Å². The number of nitrogens with one attached hydrogen (secondary N) is 1. The Hall–Kier alpha value is -1.55. The molecule has 1 aliphatic heterocycles. The van der Waals surface area contributed by atoms with Crippen LogP contribution >= 0.6 is 0 Å². The number of carbonyl (C=O) groups excluding carboxylic acids is 1. The molecule has 1 heterocycles. The number of anilines is 2. The van der Waals surface area contributed by atoms with E-state index in [2.05, 4.69) is 41.3 Å². The fraction of sp³-hybridized carbons (Fsp3) is 0.533. The van der Waals surface area contributed by atoms with Crippen molar-refractivity contribution in [3.8, 4) is 0 Å². The third-order valence-electron chi connectivity index (χ3n) is 3.75. The van der Waals surface area contributed by atoms with Crippen LogP contribution in [-0.4, -0.2) is 44.0 Å². The van der Waals surface area contributed by atoms with E-state index < -0.39 is 0 Å². The molecule has 0 aromatic heterocycles. The van der Waals surface area contributed by atoms with Gasteiger partial charge in [0, 0.05) is 37.4 Å². The summed E-state index contributed by atoms with van der Waals surface area (Å²) in [4.78, 5) is 15.7.